The molecule has 0 atom stereocenters. The highest BCUT2D eigenvalue weighted by Gasteiger charge is 2.23. The molecular formula is C25H30N4O3S. The summed E-state index contributed by atoms with van der Waals surface area (Å²) in [5.74, 6) is 0.940. The Morgan fingerprint density at radius 2 is 1.76 bits per heavy atom. The second kappa shape index (κ2) is 9.95. The zero-order valence-electron chi connectivity index (χ0n) is 19.6. The Morgan fingerprint density at radius 1 is 1.06 bits per heavy atom. The number of aryl methyl sites for hydroxylation is 2. The van der Waals surface area contributed by atoms with Gasteiger partial charge in [0.1, 0.15) is 5.82 Å². The number of Topliss-reactive ketones (excluding diaryl/α,β-unsaturated/α-hetero) is 1. The van der Waals surface area contributed by atoms with E-state index in [1.165, 1.54) is 38.1 Å². The lowest BCUT2D eigenvalue weighted by Crippen LogP contribution is -2.15. The molecule has 0 bridgehead atoms. The van der Waals surface area contributed by atoms with Gasteiger partial charge < -0.3 is 13.9 Å². The minimum absolute atomic E-state index is 0.0707. The van der Waals surface area contributed by atoms with Gasteiger partial charge in [-0.3, -0.25) is 4.79 Å². The lowest BCUT2D eigenvalue weighted by atomic mass is 9.95. The van der Waals surface area contributed by atoms with E-state index in [1.807, 2.05) is 43.5 Å². The third-order valence-electron chi connectivity index (χ3n) is 6.39. The fourth-order valence-corrected chi connectivity index (χ4v) is 5.66. The molecule has 1 aromatic carbocycles. The second-order valence-corrected chi connectivity index (χ2v) is 9.50. The molecule has 1 aliphatic rings. The molecule has 0 saturated heterocycles. The number of benzene rings is 1. The predicted octanol–water partition coefficient (Wildman–Crippen LogP) is 5.26. The Bertz CT molecular complexity index is 1160. The van der Waals surface area contributed by atoms with Crippen LogP contribution in [0.1, 0.15) is 76.1 Å². The van der Waals surface area contributed by atoms with Gasteiger partial charge in [-0.05, 0) is 63.9 Å². The molecule has 0 N–H and O–H groups in total. The maximum Gasteiger partial charge on any atom is 0.337 e. The Kier molecular flexibility index (Phi) is 7.02. The minimum atomic E-state index is -0.369. The van der Waals surface area contributed by atoms with Crippen LogP contribution >= 0.6 is 11.8 Å². The third kappa shape index (κ3) is 4.76. The standard InChI is InChI=1S/C25H30N4O3S/c1-16-14-22(17(2)28(16)21-12-10-19(11-13-21)24(31)32-4)23(30)15-33-25-27-26-18(3)29(25)20-8-6-5-7-9-20/h10-14,20H,5-9,15H2,1-4H3. The average Bonchev–Trinajstić information content (AvgIpc) is 3.35. The van der Waals surface area contributed by atoms with Crippen LogP contribution in [-0.4, -0.2) is 43.9 Å². The molecule has 0 unspecified atom stereocenters. The number of aromatic nitrogens is 4. The summed E-state index contributed by atoms with van der Waals surface area (Å²) in [7, 11) is 1.37. The Hall–Kier alpha value is -2.87. The Morgan fingerprint density at radius 3 is 2.42 bits per heavy atom. The maximum atomic E-state index is 13.2. The van der Waals surface area contributed by atoms with E-state index in [0.29, 0.717) is 22.9 Å². The van der Waals surface area contributed by atoms with Crippen molar-refractivity contribution in [1.82, 2.24) is 19.3 Å². The molecule has 7 nitrogen and oxygen atoms in total. The van der Waals surface area contributed by atoms with Gasteiger partial charge in [0, 0.05) is 28.7 Å². The van der Waals surface area contributed by atoms with E-state index in [1.54, 1.807) is 12.1 Å². The molecule has 2 aromatic heterocycles. The van der Waals surface area contributed by atoms with Gasteiger partial charge in [-0.1, -0.05) is 31.0 Å². The molecule has 1 fully saturated rings. The number of hydrogen-bond donors (Lipinski definition) is 0. The van der Waals surface area contributed by atoms with Crippen molar-refractivity contribution in [2.45, 2.75) is 64.1 Å². The molecule has 174 valence electrons. The summed E-state index contributed by atoms with van der Waals surface area (Å²) >= 11 is 1.47. The van der Waals surface area contributed by atoms with Gasteiger partial charge in [0.05, 0.1) is 18.4 Å². The Balaban J connectivity index is 1.51. The molecule has 1 saturated carbocycles. The minimum Gasteiger partial charge on any atom is -0.465 e. The van der Waals surface area contributed by atoms with E-state index in [2.05, 4.69) is 14.8 Å². The van der Waals surface area contributed by atoms with E-state index in [0.717, 1.165) is 40.9 Å². The number of thioether (sulfide) groups is 1. The highest BCUT2D eigenvalue weighted by atomic mass is 32.2. The number of esters is 1. The van der Waals surface area contributed by atoms with Crippen LogP contribution < -0.4 is 0 Å². The van der Waals surface area contributed by atoms with Gasteiger partial charge in [0.25, 0.3) is 0 Å². The number of nitrogens with zero attached hydrogens (tertiary/aromatic N) is 4. The number of hydrogen-bond acceptors (Lipinski definition) is 6. The summed E-state index contributed by atoms with van der Waals surface area (Å²) in [6, 6.07) is 9.57. The van der Waals surface area contributed by atoms with Crippen molar-refractivity contribution in [2.75, 3.05) is 12.9 Å². The van der Waals surface area contributed by atoms with Gasteiger partial charge in [0.2, 0.25) is 0 Å². The van der Waals surface area contributed by atoms with Gasteiger partial charge in [-0.2, -0.15) is 0 Å². The van der Waals surface area contributed by atoms with Gasteiger partial charge in [-0.25, -0.2) is 4.79 Å². The van der Waals surface area contributed by atoms with Crippen molar-refractivity contribution in [2.24, 2.45) is 0 Å². The van der Waals surface area contributed by atoms with Crippen molar-refractivity contribution >= 4 is 23.5 Å². The van der Waals surface area contributed by atoms with E-state index in [9.17, 15) is 9.59 Å². The van der Waals surface area contributed by atoms with E-state index in [-0.39, 0.29) is 11.8 Å². The zero-order chi connectivity index (χ0) is 23.5. The van der Waals surface area contributed by atoms with Crippen LogP contribution in [0.15, 0.2) is 35.5 Å². The summed E-state index contributed by atoms with van der Waals surface area (Å²) in [6.45, 7) is 5.93. The number of methoxy groups -OCH3 is 1. The number of ketones is 1. The second-order valence-electron chi connectivity index (χ2n) is 8.56. The molecule has 0 amide bonds. The molecule has 8 heteroatoms. The van der Waals surface area contributed by atoms with Crippen LogP contribution in [0, 0.1) is 20.8 Å². The molecule has 0 spiro atoms. The fraction of sp³-hybridized carbons (Fsp3) is 0.440. The first kappa shape index (κ1) is 23.3. The zero-order valence-corrected chi connectivity index (χ0v) is 20.4. The monoisotopic (exact) mass is 466 g/mol. The van der Waals surface area contributed by atoms with Crippen molar-refractivity contribution < 1.29 is 14.3 Å². The van der Waals surface area contributed by atoms with Crippen molar-refractivity contribution in [3.05, 3.63) is 58.7 Å². The highest BCUT2D eigenvalue weighted by molar-refractivity contribution is 7.99. The third-order valence-corrected chi connectivity index (χ3v) is 7.33. The summed E-state index contributed by atoms with van der Waals surface area (Å²) < 4.78 is 9.03. The van der Waals surface area contributed by atoms with E-state index in [4.69, 9.17) is 4.74 Å². The molecule has 0 radical (unpaired) electrons. The van der Waals surface area contributed by atoms with Crippen LogP contribution in [0.4, 0.5) is 0 Å². The molecule has 33 heavy (non-hydrogen) atoms. The summed E-state index contributed by atoms with van der Waals surface area (Å²) in [5, 5.41) is 9.48. The lowest BCUT2D eigenvalue weighted by molar-refractivity contribution is 0.0600. The van der Waals surface area contributed by atoms with Crippen molar-refractivity contribution in [3.63, 3.8) is 0 Å². The van der Waals surface area contributed by atoms with E-state index >= 15 is 0 Å². The lowest BCUT2D eigenvalue weighted by Gasteiger charge is -2.24. The first-order chi connectivity index (χ1) is 15.9. The molecule has 1 aliphatic carbocycles. The molecule has 0 aliphatic heterocycles. The van der Waals surface area contributed by atoms with Crippen LogP contribution in [0.2, 0.25) is 0 Å². The van der Waals surface area contributed by atoms with Crippen LogP contribution in [0.3, 0.4) is 0 Å². The number of carbonyl (C=O) groups excluding carboxylic acids is 2. The van der Waals surface area contributed by atoms with Crippen LogP contribution in [0.25, 0.3) is 5.69 Å². The molecule has 3 aromatic rings. The van der Waals surface area contributed by atoms with Gasteiger partial charge in [0.15, 0.2) is 10.9 Å². The average molecular weight is 467 g/mol. The first-order valence-electron chi connectivity index (χ1n) is 11.4. The quantitative estimate of drug-likeness (QED) is 0.268. The fourth-order valence-electron chi connectivity index (χ4n) is 4.72. The Labute approximate surface area is 198 Å². The number of ether oxygens (including phenoxy) is 1. The van der Waals surface area contributed by atoms with Crippen molar-refractivity contribution in [3.8, 4) is 5.69 Å². The molecular weight excluding hydrogens is 436 g/mol. The summed E-state index contributed by atoms with van der Waals surface area (Å²) in [5.41, 5.74) is 3.95. The summed E-state index contributed by atoms with van der Waals surface area (Å²) in [4.78, 5) is 24.9. The van der Waals surface area contributed by atoms with Gasteiger partial charge in [-0.15, -0.1) is 10.2 Å². The normalized spacial score (nSPS) is 14.4. The van der Waals surface area contributed by atoms with Crippen molar-refractivity contribution in [1.29, 1.82) is 0 Å². The predicted molar refractivity (Wildman–Crippen MR) is 129 cm³/mol. The highest BCUT2D eigenvalue weighted by Crippen LogP contribution is 2.33. The van der Waals surface area contributed by atoms with Gasteiger partial charge >= 0.3 is 5.97 Å². The van der Waals surface area contributed by atoms with Crippen LogP contribution in [-0.2, 0) is 4.74 Å². The summed E-state index contributed by atoms with van der Waals surface area (Å²) in [6.07, 6.45) is 6.06. The molecule has 4 rings (SSSR count). The SMILES string of the molecule is COC(=O)c1ccc(-n2c(C)cc(C(=O)CSc3nnc(C)n3C3CCCCC3)c2C)cc1. The number of carbonyl (C=O) groups is 2. The number of rotatable bonds is 7. The topological polar surface area (TPSA) is 79.0 Å². The maximum absolute atomic E-state index is 13.2. The smallest absolute Gasteiger partial charge is 0.337 e. The van der Waals surface area contributed by atoms with Crippen LogP contribution in [0.5, 0.6) is 0 Å². The van der Waals surface area contributed by atoms with E-state index < -0.39 is 0 Å². The largest absolute Gasteiger partial charge is 0.465 e. The molecule has 2 heterocycles. The first-order valence-corrected chi connectivity index (χ1v) is 12.3.